The quantitative estimate of drug-likeness (QED) is 0.379. The van der Waals surface area contributed by atoms with Gasteiger partial charge in [-0.25, -0.2) is 9.90 Å². The zero-order valence-electron chi connectivity index (χ0n) is 10.5. The van der Waals surface area contributed by atoms with Crippen molar-refractivity contribution in [1.29, 1.82) is 0 Å². The van der Waals surface area contributed by atoms with Crippen molar-refractivity contribution < 1.29 is 9.90 Å². The van der Waals surface area contributed by atoms with Gasteiger partial charge in [-0.3, -0.25) is 0 Å². The molecule has 0 aromatic rings. The molecule has 0 bridgehead atoms. The Balaban J connectivity index is 3.05. The monoisotopic (exact) mass is 225 g/mol. The van der Waals surface area contributed by atoms with Crippen LogP contribution in [0, 0.1) is 0 Å². The molecular weight excluding hydrogens is 200 g/mol. The number of allylic oxidation sites excluding steroid dienone is 2. The topological polar surface area (TPSA) is 37.0 Å². The summed E-state index contributed by atoms with van der Waals surface area (Å²) in [5.74, 6) is -0.958. The Bertz CT molecular complexity index is 185. The van der Waals surface area contributed by atoms with Crippen LogP contribution in [0.1, 0.15) is 71.1 Å². The molecule has 0 spiro atoms. The fourth-order valence-corrected chi connectivity index (χ4v) is 1.66. The van der Waals surface area contributed by atoms with E-state index in [9.17, 15) is 9.90 Å². The second kappa shape index (κ2) is 12.3. The zero-order chi connectivity index (χ0) is 12.1. The number of carbonyl (C=O) groups excluding carboxylic acids is 1. The van der Waals surface area contributed by atoms with Gasteiger partial charge in [-0.2, -0.15) is 0 Å². The highest BCUT2D eigenvalue weighted by molar-refractivity contribution is 5.66. The molecule has 93 valence electrons. The van der Waals surface area contributed by atoms with Gasteiger partial charge < -0.3 is 0 Å². The lowest BCUT2D eigenvalue weighted by Gasteiger charge is -1.98. The predicted octanol–water partition coefficient (Wildman–Crippen LogP) is 4.42. The summed E-state index contributed by atoms with van der Waals surface area (Å²) in [6.07, 6.45) is 15.2. The second-order valence-corrected chi connectivity index (χ2v) is 4.29. The molecule has 0 aromatic heterocycles. The van der Waals surface area contributed by atoms with Crippen molar-refractivity contribution in [1.82, 2.24) is 0 Å². The maximum absolute atomic E-state index is 10.1. The van der Waals surface area contributed by atoms with Crippen molar-refractivity contribution in [3.8, 4) is 0 Å². The summed E-state index contributed by atoms with van der Waals surface area (Å²) in [4.78, 5) is 10.1. The van der Waals surface area contributed by atoms with Crippen LogP contribution in [0.15, 0.2) is 12.2 Å². The Kier molecular flexibility index (Phi) is 11.7. The lowest BCUT2D eigenvalue weighted by molar-refractivity contribution is -0.142. The number of carbonyl (C=O) groups is 1. The predicted molar refractivity (Wildman–Crippen MR) is 66.7 cm³/mol. The molecule has 0 N–H and O–H groups in total. The molecule has 0 heterocycles. The highest BCUT2D eigenvalue weighted by atomic mass is 16.4. The lowest BCUT2D eigenvalue weighted by atomic mass is 10.1. The van der Waals surface area contributed by atoms with Crippen LogP contribution in [0.3, 0.4) is 0 Å². The van der Waals surface area contributed by atoms with Gasteiger partial charge in [0.15, 0.2) is 0 Å². The third-order valence-corrected chi connectivity index (χ3v) is 2.66. The van der Waals surface area contributed by atoms with E-state index in [4.69, 9.17) is 0 Å². The normalized spacial score (nSPS) is 11.1. The Morgan fingerprint density at radius 2 is 1.44 bits per heavy atom. The minimum absolute atomic E-state index is 0.146. The van der Waals surface area contributed by atoms with E-state index in [1.165, 1.54) is 44.9 Å². The van der Waals surface area contributed by atoms with Crippen molar-refractivity contribution in [2.45, 2.75) is 71.1 Å². The van der Waals surface area contributed by atoms with Gasteiger partial charge >= 0.3 is 5.97 Å². The summed E-state index contributed by atoms with van der Waals surface area (Å²) < 4.78 is 0. The van der Waals surface area contributed by atoms with Crippen molar-refractivity contribution in [3.63, 3.8) is 0 Å². The van der Waals surface area contributed by atoms with Crippen LogP contribution in [-0.4, -0.2) is 5.97 Å². The molecule has 0 saturated heterocycles. The third kappa shape index (κ3) is 13.2. The van der Waals surface area contributed by atoms with E-state index in [2.05, 4.69) is 13.0 Å². The Hall–Kier alpha value is -0.790. The van der Waals surface area contributed by atoms with Gasteiger partial charge in [-0.1, -0.05) is 57.6 Å². The Morgan fingerprint density at radius 3 is 2.06 bits per heavy atom. The molecule has 0 saturated carbocycles. The maximum Gasteiger partial charge on any atom is 0.355 e. The Morgan fingerprint density at radius 1 is 0.875 bits per heavy atom. The molecule has 0 aliphatic heterocycles. The van der Waals surface area contributed by atoms with Crippen LogP contribution >= 0.6 is 0 Å². The van der Waals surface area contributed by atoms with E-state index in [1.54, 1.807) is 0 Å². The SMILES string of the molecule is CCCCCCCCCC=CCCC([O])=O. The van der Waals surface area contributed by atoms with Crippen molar-refractivity contribution in [3.05, 3.63) is 12.2 Å². The summed E-state index contributed by atoms with van der Waals surface area (Å²) in [7, 11) is 0. The highest BCUT2D eigenvalue weighted by Gasteiger charge is 1.94. The van der Waals surface area contributed by atoms with Crippen LogP contribution in [0.4, 0.5) is 0 Å². The first-order valence-corrected chi connectivity index (χ1v) is 6.62. The first-order valence-electron chi connectivity index (χ1n) is 6.62. The van der Waals surface area contributed by atoms with Crippen LogP contribution < -0.4 is 0 Å². The molecule has 2 heteroatoms. The molecule has 1 radical (unpaired) electrons. The summed E-state index contributed by atoms with van der Waals surface area (Å²) >= 11 is 0. The van der Waals surface area contributed by atoms with Crippen LogP contribution in [-0.2, 0) is 9.90 Å². The number of unbranched alkanes of at least 4 members (excludes halogenated alkanes) is 7. The van der Waals surface area contributed by atoms with E-state index >= 15 is 0 Å². The standard InChI is InChI=1S/C14H25O2/c1-2-3-4-5-6-7-8-9-10-11-12-13-14(15)16/h10-11H,2-9,12-13H2,1H3. The number of hydrogen-bond donors (Lipinski definition) is 0. The highest BCUT2D eigenvalue weighted by Crippen LogP contribution is 2.08. The number of rotatable bonds is 11. The molecule has 2 nitrogen and oxygen atoms in total. The average Bonchev–Trinajstić information content (AvgIpc) is 2.25. The van der Waals surface area contributed by atoms with Gasteiger partial charge in [0.2, 0.25) is 0 Å². The van der Waals surface area contributed by atoms with Gasteiger partial charge in [-0.15, -0.1) is 0 Å². The molecule has 0 aliphatic carbocycles. The summed E-state index contributed by atoms with van der Waals surface area (Å²) in [5.41, 5.74) is 0. The largest absolute Gasteiger partial charge is 0.355 e. The van der Waals surface area contributed by atoms with Gasteiger partial charge in [-0.05, 0) is 19.3 Å². The van der Waals surface area contributed by atoms with Crippen molar-refractivity contribution in [2.75, 3.05) is 0 Å². The zero-order valence-corrected chi connectivity index (χ0v) is 10.5. The maximum atomic E-state index is 10.1. The van der Waals surface area contributed by atoms with Crippen molar-refractivity contribution in [2.24, 2.45) is 0 Å². The minimum atomic E-state index is -0.958. The smallest absolute Gasteiger partial charge is 0.247 e. The fourth-order valence-electron chi connectivity index (χ4n) is 1.66. The third-order valence-electron chi connectivity index (χ3n) is 2.66. The van der Waals surface area contributed by atoms with Gasteiger partial charge in [0, 0.05) is 0 Å². The molecular formula is C14H25O2. The first kappa shape index (κ1) is 15.2. The summed E-state index contributed by atoms with van der Waals surface area (Å²) in [6, 6.07) is 0. The molecule has 0 fully saturated rings. The minimum Gasteiger partial charge on any atom is -0.247 e. The average molecular weight is 225 g/mol. The molecule has 0 atom stereocenters. The van der Waals surface area contributed by atoms with E-state index < -0.39 is 5.97 Å². The molecule has 16 heavy (non-hydrogen) atoms. The second-order valence-electron chi connectivity index (χ2n) is 4.29. The van der Waals surface area contributed by atoms with Gasteiger partial charge in [0.25, 0.3) is 0 Å². The molecule has 0 aromatic carbocycles. The summed E-state index contributed by atoms with van der Waals surface area (Å²) in [6.45, 7) is 2.23. The lowest BCUT2D eigenvalue weighted by Crippen LogP contribution is -1.89. The van der Waals surface area contributed by atoms with Gasteiger partial charge in [0.1, 0.15) is 0 Å². The van der Waals surface area contributed by atoms with E-state index in [0.29, 0.717) is 6.42 Å². The fraction of sp³-hybridized carbons (Fsp3) is 0.786. The molecule has 0 unspecified atom stereocenters. The van der Waals surface area contributed by atoms with Gasteiger partial charge in [0.05, 0.1) is 6.42 Å². The molecule has 0 amide bonds. The van der Waals surface area contributed by atoms with Crippen LogP contribution in [0.25, 0.3) is 0 Å². The van der Waals surface area contributed by atoms with E-state index in [1.807, 2.05) is 6.08 Å². The van der Waals surface area contributed by atoms with Crippen LogP contribution in [0.5, 0.6) is 0 Å². The Labute approximate surface area is 99.7 Å². The molecule has 0 rings (SSSR count). The van der Waals surface area contributed by atoms with E-state index in [0.717, 1.165) is 6.42 Å². The van der Waals surface area contributed by atoms with Crippen molar-refractivity contribution >= 4 is 5.97 Å². The van der Waals surface area contributed by atoms with E-state index in [-0.39, 0.29) is 6.42 Å². The number of hydrogen-bond acceptors (Lipinski definition) is 1. The first-order chi connectivity index (χ1) is 7.77. The summed E-state index contributed by atoms with van der Waals surface area (Å²) in [5, 5.41) is 10.1. The van der Waals surface area contributed by atoms with Crippen LogP contribution in [0.2, 0.25) is 0 Å². The molecule has 0 aliphatic rings.